The summed E-state index contributed by atoms with van der Waals surface area (Å²) in [5, 5.41) is 0. The van der Waals surface area contributed by atoms with Crippen molar-refractivity contribution in [2.24, 2.45) is 17.4 Å². The van der Waals surface area contributed by atoms with Crippen molar-refractivity contribution in [1.29, 1.82) is 0 Å². The van der Waals surface area contributed by atoms with Gasteiger partial charge in [-0.3, -0.25) is 0 Å². The normalized spacial score (nSPS) is 32.2. The predicted molar refractivity (Wildman–Crippen MR) is 51.1 cm³/mol. The molecule has 0 heterocycles. The van der Waals surface area contributed by atoms with E-state index in [9.17, 15) is 0 Å². The molecule has 2 nitrogen and oxygen atoms in total. The van der Waals surface area contributed by atoms with E-state index >= 15 is 0 Å². The van der Waals surface area contributed by atoms with Gasteiger partial charge in [0.1, 0.15) is 0 Å². The molecule has 1 aliphatic carbocycles. The van der Waals surface area contributed by atoms with Crippen LogP contribution in [0.1, 0.15) is 13.8 Å². The fourth-order valence-electron chi connectivity index (χ4n) is 1.16. The number of thiol groups is 1. The molecule has 11 heavy (non-hydrogen) atoms. The van der Waals surface area contributed by atoms with E-state index in [0.717, 1.165) is 16.2 Å². The topological polar surface area (TPSA) is 52.0 Å². The smallest absolute Gasteiger partial charge is 0.0417 e. The fourth-order valence-corrected chi connectivity index (χ4v) is 1.52. The average molecular weight is 170 g/mol. The van der Waals surface area contributed by atoms with Gasteiger partial charge in [0.25, 0.3) is 0 Å². The van der Waals surface area contributed by atoms with Crippen LogP contribution in [0.25, 0.3) is 0 Å². The highest BCUT2D eigenvalue weighted by Crippen LogP contribution is 2.27. The van der Waals surface area contributed by atoms with Crippen LogP contribution in [0.5, 0.6) is 0 Å². The largest absolute Gasteiger partial charge is 0.399 e. The average Bonchev–Trinajstić information content (AvgIpc) is 1.97. The summed E-state index contributed by atoms with van der Waals surface area (Å²) in [6.07, 6.45) is 1.99. The van der Waals surface area contributed by atoms with E-state index in [1.165, 1.54) is 0 Å². The van der Waals surface area contributed by atoms with Crippen molar-refractivity contribution >= 4 is 12.6 Å². The summed E-state index contributed by atoms with van der Waals surface area (Å²) in [5.41, 5.74) is 13.4. The molecule has 1 rings (SSSR count). The molecule has 0 aliphatic heterocycles. The first kappa shape index (κ1) is 8.68. The van der Waals surface area contributed by atoms with Crippen LogP contribution < -0.4 is 11.5 Å². The summed E-state index contributed by atoms with van der Waals surface area (Å²) < 4.78 is 0. The lowest BCUT2D eigenvalue weighted by atomic mass is 9.92. The molecular formula is C8H14N2S. The zero-order valence-corrected chi connectivity index (χ0v) is 7.73. The molecule has 0 spiro atoms. The molecule has 0 amide bonds. The maximum atomic E-state index is 5.84. The van der Waals surface area contributed by atoms with Crippen molar-refractivity contribution in [3.8, 4) is 0 Å². The minimum absolute atomic E-state index is 0.0191. The van der Waals surface area contributed by atoms with Gasteiger partial charge in [-0.1, -0.05) is 13.0 Å². The Bertz CT molecular complexity index is 230. The van der Waals surface area contributed by atoms with E-state index in [-0.39, 0.29) is 6.04 Å². The first-order chi connectivity index (χ1) is 5.04. The van der Waals surface area contributed by atoms with Crippen molar-refractivity contribution in [1.82, 2.24) is 0 Å². The molecule has 0 aromatic carbocycles. The van der Waals surface area contributed by atoms with Gasteiger partial charge in [0.2, 0.25) is 0 Å². The molecule has 0 radical (unpaired) electrons. The van der Waals surface area contributed by atoms with E-state index in [0.29, 0.717) is 5.92 Å². The van der Waals surface area contributed by atoms with Gasteiger partial charge in [-0.2, -0.15) is 0 Å². The quantitative estimate of drug-likeness (QED) is 0.475. The Morgan fingerprint density at radius 2 is 2.09 bits per heavy atom. The maximum absolute atomic E-state index is 5.84. The summed E-state index contributed by atoms with van der Waals surface area (Å²) in [6.45, 7) is 3.99. The van der Waals surface area contributed by atoms with Gasteiger partial charge in [0, 0.05) is 16.6 Å². The third-order valence-electron chi connectivity index (χ3n) is 2.14. The molecule has 4 N–H and O–H groups in total. The van der Waals surface area contributed by atoms with Crippen LogP contribution in [0.3, 0.4) is 0 Å². The van der Waals surface area contributed by atoms with E-state index in [1.54, 1.807) is 0 Å². The molecule has 0 bridgehead atoms. The molecule has 62 valence electrons. The Morgan fingerprint density at radius 1 is 1.55 bits per heavy atom. The molecule has 0 aromatic heterocycles. The highest BCUT2D eigenvalue weighted by Gasteiger charge is 2.20. The second-order valence-corrected chi connectivity index (χ2v) is 3.50. The first-order valence-corrected chi connectivity index (χ1v) is 4.11. The van der Waals surface area contributed by atoms with Crippen LogP contribution in [-0.4, -0.2) is 6.04 Å². The van der Waals surface area contributed by atoms with Crippen LogP contribution in [0.4, 0.5) is 0 Å². The highest BCUT2D eigenvalue weighted by molar-refractivity contribution is 7.84. The minimum Gasteiger partial charge on any atom is -0.399 e. The lowest BCUT2D eigenvalue weighted by molar-refractivity contribution is 0.607. The van der Waals surface area contributed by atoms with Crippen LogP contribution >= 0.6 is 12.6 Å². The van der Waals surface area contributed by atoms with Crippen LogP contribution in [-0.2, 0) is 0 Å². The third kappa shape index (κ3) is 1.44. The molecule has 0 aromatic rings. The number of nitrogens with two attached hydrogens (primary N) is 2. The van der Waals surface area contributed by atoms with Gasteiger partial charge in [-0.25, -0.2) is 0 Å². The van der Waals surface area contributed by atoms with Gasteiger partial charge in [0.15, 0.2) is 0 Å². The molecule has 2 atom stereocenters. The first-order valence-electron chi connectivity index (χ1n) is 3.67. The Kier molecular flexibility index (Phi) is 2.30. The third-order valence-corrected chi connectivity index (χ3v) is 2.78. The lowest BCUT2D eigenvalue weighted by Crippen LogP contribution is -2.32. The van der Waals surface area contributed by atoms with Crippen LogP contribution in [0.15, 0.2) is 22.3 Å². The number of hydrogen-bond acceptors (Lipinski definition) is 3. The summed E-state index contributed by atoms with van der Waals surface area (Å²) in [5.74, 6) is 0.297. The minimum atomic E-state index is 0.0191. The lowest BCUT2D eigenvalue weighted by Gasteiger charge is -2.24. The Labute approximate surface area is 72.7 Å². The number of hydrogen-bond donors (Lipinski definition) is 3. The molecule has 2 unspecified atom stereocenters. The summed E-state index contributed by atoms with van der Waals surface area (Å²) in [4.78, 5) is 0.914. The van der Waals surface area contributed by atoms with E-state index in [4.69, 9.17) is 11.5 Å². The van der Waals surface area contributed by atoms with E-state index in [1.807, 2.05) is 19.9 Å². The van der Waals surface area contributed by atoms with Crippen molar-refractivity contribution in [2.45, 2.75) is 19.9 Å². The molecule has 0 fully saturated rings. The van der Waals surface area contributed by atoms with E-state index in [2.05, 4.69) is 12.6 Å². The molecule has 1 aliphatic rings. The second kappa shape index (κ2) is 2.91. The zero-order valence-electron chi connectivity index (χ0n) is 6.83. The van der Waals surface area contributed by atoms with E-state index < -0.39 is 0 Å². The Morgan fingerprint density at radius 3 is 2.64 bits per heavy atom. The zero-order chi connectivity index (χ0) is 8.59. The standard InChI is InChI=1S/C8H14N2S/c1-4-3-6(9)5(2)8(11)7(4)10/h3-4,7,11H,9-10H2,1-2H3. The molecule has 3 heteroatoms. The molecular weight excluding hydrogens is 156 g/mol. The summed E-state index contributed by atoms with van der Waals surface area (Å²) in [7, 11) is 0. The van der Waals surface area contributed by atoms with Crippen molar-refractivity contribution < 1.29 is 0 Å². The van der Waals surface area contributed by atoms with Gasteiger partial charge < -0.3 is 11.5 Å². The van der Waals surface area contributed by atoms with Gasteiger partial charge in [-0.05, 0) is 18.4 Å². The maximum Gasteiger partial charge on any atom is 0.0417 e. The Hall–Kier alpha value is -0.410. The van der Waals surface area contributed by atoms with Gasteiger partial charge in [0.05, 0.1) is 0 Å². The monoisotopic (exact) mass is 170 g/mol. The fraction of sp³-hybridized carbons (Fsp3) is 0.500. The summed E-state index contributed by atoms with van der Waals surface area (Å²) >= 11 is 4.30. The highest BCUT2D eigenvalue weighted by atomic mass is 32.1. The summed E-state index contributed by atoms with van der Waals surface area (Å²) in [6, 6.07) is 0.0191. The van der Waals surface area contributed by atoms with Crippen molar-refractivity contribution in [2.75, 3.05) is 0 Å². The number of allylic oxidation sites excluding steroid dienone is 1. The van der Waals surface area contributed by atoms with Gasteiger partial charge in [-0.15, -0.1) is 12.6 Å². The molecule has 0 saturated carbocycles. The molecule has 0 saturated heterocycles. The Balaban J connectivity index is 3.02. The van der Waals surface area contributed by atoms with Crippen LogP contribution in [0.2, 0.25) is 0 Å². The second-order valence-electron chi connectivity index (χ2n) is 3.02. The number of rotatable bonds is 0. The van der Waals surface area contributed by atoms with Gasteiger partial charge >= 0.3 is 0 Å². The van der Waals surface area contributed by atoms with Crippen molar-refractivity contribution in [3.05, 3.63) is 22.3 Å². The predicted octanol–water partition coefficient (Wildman–Crippen LogP) is 1.01. The van der Waals surface area contributed by atoms with Crippen LogP contribution in [0, 0.1) is 5.92 Å². The SMILES string of the molecule is CC1=C(S)C(N)C(C)C=C1N. The van der Waals surface area contributed by atoms with Crippen molar-refractivity contribution in [3.63, 3.8) is 0 Å².